The number of H-pyrrole nitrogens is 1. The lowest BCUT2D eigenvalue weighted by Crippen LogP contribution is -2.28. The number of aromatic amines is 1. The van der Waals surface area contributed by atoms with Crippen LogP contribution in [0, 0.1) is 0 Å². The van der Waals surface area contributed by atoms with Gasteiger partial charge in [-0.05, 0) is 30.2 Å². The van der Waals surface area contributed by atoms with E-state index in [1.807, 2.05) is 30.5 Å². The summed E-state index contributed by atoms with van der Waals surface area (Å²) in [6.07, 6.45) is 4.23. The van der Waals surface area contributed by atoms with Crippen molar-refractivity contribution in [3.05, 3.63) is 60.2 Å². The van der Waals surface area contributed by atoms with Gasteiger partial charge in [0, 0.05) is 23.5 Å². The van der Waals surface area contributed by atoms with Crippen molar-refractivity contribution in [3.8, 4) is 0 Å². The lowest BCUT2D eigenvalue weighted by Gasteiger charge is -2.05. The van der Waals surface area contributed by atoms with Gasteiger partial charge < -0.3 is 19.5 Å². The molecule has 24 heavy (non-hydrogen) atoms. The molecular weight excluding hydrogens is 308 g/mol. The first-order valence-corrected chi connectivity index (χ1v) is 7.72. The van der Waals surface area contributed by atoms with Crippen LogP contribution in [0.15, 0.2) is 53.3 Å². The van der Waals surface area contributed by atoms with Gasteiger partial charge in [0.15, 0.2) is 6.61 Å². The Balaban J connectivity index is 1.40. The second-order valence-electron chi connectivity index (χ2n) is 5.38. The van der Waals surface area contributed by atoms with E-state index in [-0.39, 0.29) is 25.5 Å². The SMILES string of the molecule is O=C(COC(=O)CCc1c[nH]c2ccccc12)NCc1ccco1. The summed E-state index contributed by atoms with van der Waals surface area (Å²) in [5.74, 6) is -0.103. The molecule has 0 bridgehead atoms. The van der Waals surface area contributed by atoms with Crippen LogP contribution in [-0.4, -0.2) is 23.5 Å². The van der Waals surface area contributed by atoms with Gasteiger partial charge in [0.25, 0.3) is 5.91 Å². The van der Waals surface area contributed by atoms with E-state index in [1.165, 1.54) is 6.26 Å². The van der Waals surface area contributed by atoms with Crippen molar-refractivity contribution >= 4 is 22.8 Å². The quantitative estimate of drug-likeness (QED) is 0.654. The summed E-state index contributed by atoms with van der Waals surface area (Å²) in [5, 5.41) is 3.72. The Morgan fingerprint density at radius 2 is 2.04 bits per heavy atom. The molecule has 1 aromatic carbocycles. The molecule has 3 rings (SSSR count). The molecule has 6 nitrogen and oxygen atoms in total. The highest BCUT2D eigenvalue weighted by Gasteiger charge is 2.10. The fourth-order valence-corrected chi connectivity index (χ4v) is 2.44. The van der Waals surface area contributed by atoms with E-state index < -0.39 is 5.97 Å². The van der Waals surface area contributed by atoms with Crippen LogP contribution in [0.4, 0.5) is 0 Å². The van der Waals surface area contributed by atoms with Crippen LogP contribution >= 0.6 is 0 Å². The van der Waals surface area contributed by atoms with Crippen LogP contribution in [0.2, 0.25) is 0 Å². The van der Waals surface area contributed by atoms with E-state index in [4.69, 9.17) is 9.15 Å². The fraction of sp³-hybridized carbons (Fsp3) is 0.222. The predicted octanol–water partition coefficient (Wildman–Crippen LogP) is 2.55. The zero-order valence-corrected chi connectivity index (χ0v) is 13.1. The van der Waals surface area contributed by atoms with E-state index in [0.717, 1.165) is 16.5 Å². The van der Waals surface area contributed by atoms with Crippen LogP contribution in [0.1, 0.15) is 17.7 Å². The third-order valence-corrected chi connectivity index (χ3v) is 3.68. The maximum Gasteiger partial charge on any atom is 0.306 e. The highest BCUT2D eigenvalue weighted by atomic mass is 16.5. The Kier molecular flexibility index (Phi) is 4.96. The summed E-state index contributed by atoms with van der Waals surface area (Å²) in [6.45, 7) is -0.00779. The largest absolute Gasteiger partial charge is 0.467 e. The number of fused-ring (bicyclic) bond motifs is 1. The minimum absolute atomic E-state index is 0.229. The number of hydrogen-bond acceptors (Lipinski definition) is 4. The van der Waals surface area contributed by atoms with Crippen molar-refractivity contribution in [3.63, 3.8) is 0 Å². The zero-order chi connectivity index (χ0) is 16.8. The first kappa shape index (κ1) is 15.9. The molecule has 2 heterocycles. The first-order valence-electron chi connectivity index (χ1n) is 7.72. The van der Waals surface area contributed by atoms with Gasteiger partial charge in [0.1, 0.15) is 5.76 Å². The monoisotopic (exact) mass is 326 g/mol. The van der Waals surface area contributed by atoms with Crippen molar-refractivity contribution < 1.29 is 18.7 Å². The highest BCUT2D eigenvalue weighted by Crippen LogP contribution is 2.19. The Morgan fingerprint density at radius 1 is 1.17 bits per heavy atom. The van der Waals surface area contributed by atoms with Gasteiger partial charge in [-0.25, -0.2) is 0 Å². The third-order valence-electron chi connectivity index (χ3n) is 3.68. The number of esters is 1. The van der Waals surface area contributed by atoms with Crippen molar-refractivity contribution in [1.29, 1.82) is 0 Å². The number of aromatic nitrogens is 1. The molecule has 0 saturated carbocycles. The van der Waals surface area contributed by atoms with E-state index in [1.54, 1.807) is 12.1 Å². The first-order chi connectivity index (χ1) is 11.7. The smallest absolute Gasteiger partial charge is 0.306 e. The molecule has 0 unspecified atom stereocenters. The normalized spacial score (nSPS) is 10.7. The number of para-hydroxylation sites is 1. The molecule has 0 aliphatic carbocycles. The van der Waals surface area contributed by atoms with Gasteiger partial charge in [-0.15, -0.1) is 0 Å². The summed E-state index contributed by atoms with van der Waals surface area (Å²) in [4.78, 5) is 26.6. The average molecular weight is 326 g/mol. The number of furan rings is 1. The molecule has 6 heteroatoms. The Bertz CT molecular complexity index is 821. The molecule has 2 N–H and O–H groups in total. The molecule has 0 radical (unpaired) electrons. The number of aryl methyl sites for hydroxylation is 1. The third kappa shape index (κ3) is 4.04. The van der Waals surface area contributed by atoms with Crippen molar-refractivity contribution in [2.75, 3.05) is 6.61 Å². The van der Waals surface area contributed by atoms with Gasteiger partial charge in [-0.3, -0.25) is 9.59 Å². The number of nitrogens with one attached hydrogen (secondary N) is 2. The van der Waals surface area contributed by atoms with Gasteiger partial charge >= 0.3 is 5.97 Å². The fourth-order valence-electron chi connectivity index (χ4n) is 2.44. The lowest BCUT2D eigenvalue weighted by molar-refractivity contribution is -0.148. The van der Waals surface area contributed by atoms with Gasteiger partial charge in [0.05, 0.1) is 12.8 Å². The minimum Gasteiger partial charge on any atom is -0.467 e. The molecule has 0 spiro atoms. The molecule has 0 fully saturated rings. The second kappa shape index (κ2) is 7.50. The number of ether oxygens (including phenoxy) is 1. The summed E-state index contributed by atoms with van der Waals surface area (Å²) >= 11 is 0. The topological polar surface area (TPSA) is 84.3 Å². The molecule has 0 aliphatic heterocycles. The maximum atomic E-state index is 11.8. The average Bonchev–Trinajstić information content (AvgIpc) is 3.26. The summed E-state index contributed by atoms with van der Waals surface area (Å²) in [7, 11) is 0. The number of amides is 1. The Hall–Kier alpha value is -3.02. The summed E-state index contributed by atoms with van der Waals surface area (Å²) in [6, 6.07) is 11.4. The molecular formula is C18H18N2O4. The number of rotatable bonds is 7. The number of benzene rings is 1. The highest BCUT2D eigenvalue weighted by molar-refractivity contribution is 5.84. The molecule has 0 saturated heterocycles. The lowest BCUT2D eigenvalue weighted by atomic mass is 10.1. The summed E-state index contributed by atoms with van der Waals surface area (Å²) in [5.41, 5.74) is 2.10. The molecule has 0 aliphatic rings. The standard InChI is InChI=1S/C18H18N2O4/c21-17(20-11-14-4-3-9-23-14)12-24-18(22)8-7-13-10-19-16-6-2-1-5-15(13)16/h1-6,9-10,19H,7-8,11-12H2,(H,20,21). The zero-order valence-electron chi connectivity index (χ0n) is 13.1. The van der Waals surface area contributed by atoms with Crippen LogP contribution in [0.25, 0.3) is 10.9 Å². The van der Waals surface area contributed by atoms with Gasteiger partial charge in [0.2, 0.25) is 0 Å². The van der Waals surface area contributed by atoms with E-state index >= 15 is 0 Å². The molecule has 3 aromatic rings. The minimum atomic E-state index is -0.395. The molecule has 2 aromatic heterocycles. The van der Waals surface area contributed by atoms with Crippen molar-refractivity contribution in [2.45, 2.75) is 19.4 Å². The Labute approximate surface area is 138 Å². The number of carbonyl (C=O) groups excluding carboxylic acids is 2. The second-order valence-corrected chi connectivity index (χ2v) is 5.38. The van der Waals surface area contributed by atoms with Crippen LogP contribution in [0.5, 0.6) is 0 Å². The molecule has 0 atom stereocenters. The Morgan fingerprint density at radius 3 is 2.88 bits per heavy atom. The molecule has 124 valence electrons. The number of hydrogen-bond donors (Lipinski definition) is 2. The van der Waals surface area contributed by atoms with Crippen LogP contribution in [0.3, 0.4) is 0 Å². The van der Waals surface area contributed by atoms with E-state index in [2.05, 4.69) is 10.3 Å². The van der Waals surface area contributed by atoms with E-state index in [0.29, 0.717) is 12.2 Å². The van der Waals surface area contributed by atoms with Crippen molar-refractivity contribution in [1.82, 2.24) is 10.3 Å². The molecule has 1 amide bonds. The van der Waals surface area contributed by atoms with Gasteiger partial charge in [-0.1, -0.05) is 18.2 Å². The van der Waals surface area contributed by atoms with E-state index in [9.17, 15) is 9.59 Å². The van der Waals surface area contributed by atoms with Gasteiger partial charge in [-0.2, -0.15) is 0 Å². The summed E-state index contributed by atoms with van der Waals surface area (Å²) < 4.78 is 10.1. The van der Waals surface area contributed by atoms with Crippen molar-refractivity contribution in [2.24, 2.45) is 0 Å². The number of carbonyl (C=O) groups is 2. The predicted molar refractivity (Wildman–Crippen MR) is 88.1 cm³/mol. The van der Waals surface area contributed by atoms with Crippen LogP contribution in [-0.2, 0) is 27.3 Å². The maximum absolute atomic E-state index is 11.8. The van der Waals surface area contributed by atoms with Crippen LogP contribution < -0.4 is 5.32 Å².